The van der Waals surface area contributed by atoms with Crippen LogP contribution in [0.4, 0.5) is 5.00 Å². The van der Waals surface area contributed by atoms with Gasteiger partial charge in [0.15, 0.2) is 5.16 Å². The second-order valence-electron chi connectivity index (χ2n) is 6.90. The number of aromatic nitrogens is 2. The summed E-state index contributed by atoms with van der Waals surface area (Å²) in [5.74, 6) is -0.519. The number of unbranched alkanes of at least 4 members (excludes halogenated alkanes) is 1. The summed E-state index contributed by atoms with van der Waals surface area (Å²) in [4.78, 5) is 42.5. The second kappa shape index (κ2) is 10.6. The van der Waals surface area contributed by atoms with E-state index in [1.807, 2.05) is 12.1 Å². The molecule has 1 aromatic carbocycles. The molecule has 0 spiro atoms. The zero-order valence-corrected chi connectivity index (χ0v) is 19.4. The van der Waals surface area contributed by atoms with E-state index in [2.05, 4.69) is 17.2 Å². The lowest BCUT2D eigenvalue weighted by Crippen LogP contribution is -2.24. The maximum Gasteiger partial charge on any atom is 0.348 e. The molecule has 1 amide bonds. The molecule has 0 unspecified atom stereocenters. The first-order valence-electron chi connectivity index (χ1n) is 10.1. The maximum atomic E-state index is 12.9. The fraction of sp³-hybridized carbons (Fsp3) is 0.364. The van der Waals surface area contributed by atoms with Crippen molar-refractivity contribution in [1.82, 2.24) is 9.55 Å². The Bertz CT molecular complexity index is 1150. The van der Waals surface area contributed by atoms with E-state index in [1.54, 1.807) is 36.6 Å². The number of ether oxygens (including phenoxy) is 1. The number of anilines is 1. The Labute approximate surface area is 188 Å². The van der Waals surface area contributed by atoms with Crippen molar-refractivity contribution in [3.8, 4) is 0 Å². The molecule has 0 saturated carbocycles. The SMILES string of the molecule is CCCCn1c(SCC(=O)Nc2cc(C)c(C(=O)OCC)s2)nc2ccccc2c1=O. The van der Waals surface area contributed by atoms with Gasteiger partial charge in [-0.15, -0.1) is 11.3 Å². The molecule has 0 aliphatic rings. The highest BCUT2D eigenvalue weighted by molar-refractivity contribution is 7.99. The van der Waals surface area contributed by atoms with Crippen molar-refractivity contribution in [3.63, 3.8) is 0 Å². The van der Waals surface area contributed by atoms with E-state index in [0.29, 0.717) is 39.1 Å². The predicted molar refractivity (Wildman–Crippen MR) is 125 cm³/mol. The van der Waals surface area contributed by atoms with Crippen LogP contribution in [0.25, 0.3) is 10.9 Å². The summed E-state index contributed by atoms with van der Waals surface area (Å²) >= 11 is 2.42. The molecule has 2 heterocycles. The third kappa shape index (κ3) is 5.54. The number of thioether (sulfide) groups is 1. The first-order chi connectivity index (χ1) is 14.9. The first kappa shape index (κ1) is 23.0. The molecule has 1 N–H and O–H groups in total. The standard InChI is InChI=1S/C22H25N3O4S2/c1-4-6-11-25-20(27)15-9-7-8-10-16(15)23-22(25)30-13-17(26)24-18-12-14(3)19(31-18)21(28)29-5-2/h7-10,12H,4-6,11,13H2,1-3H3,(H,24,26). The minimum absolute atomic E-state index is 0.0880. The molecule has 0 saturated heterocycles. The van der Waals surface area contributed by atoms with Crippen LogP contribution < -0.4 is 10.9 Å². The first-order valence-corrected chi connectivity index (χ1v) is 11.9. The van der Waals surface area contributed by atoms with Crippen molar-refractivity contribution in [1.29, 1.82) is 0 Å². The highest BCUT2D eigenvalue weighted by atomic mass is 32.2. The maximum absolute atomic E-state index is 12.9. The molecular weight excluding hydrogens is 434 g/mol. The minimum Gasteiger partial charge on any atom is -0.462 e. The summed E-state index contributed by atoms with van der Waals surface area (Å²) in [6, 6.07) is 8.99. The Morgan fingerprint density at radius 1 is 1.26 bits per heavy atom. The van der Waals surface area contributed by atoms with E-state index in [0.717, 1.165) is 18.4 Å². The van der Waals surface area contributed by atoms with Crippen LogP contribution in [-0.2, 0) is 16.1 Å². The highest BCUT2D eigenvalue weighted by Crippen LogP contribution is 2.28. The molecule has 9 heteroatoms. The van der Waals surface area contributed by atoms with Crippen molar-refractivity contribution in [2.24, 2.45) is 0 Å². The van der Waals surface area contributed by atoms with Crippen molar-refractivity contribution >= 4 is 50.9 Å². The van der Waals surface area contributed by atoms with Gasteiger partial charge in [0.05, 0.1) is 28.3 Å². The number of thiophene rings is 1. The normalized spacial score (nSPS) is 10.9. The number of carbonyl (C=O) groups is 2. The van der Waals surface area contributed by atoms with Gasteiger partial charge in [-0.3, -0.25) is 14.2 Å². The molecule has 2 aromatic heterocycles. The number of nitrogens with zero attached hydrogens (tertiary/aromatic N) is 2. The van der Waals surface area contributed by atoms with Crippen LogP contribution in [0.2, 0.25) is 0 Å². The molecule has 7 nitrogen and oxygen atoms in total. The third-order valence-electron chi connectivity index (χ3n) is 4.54. The average molecular weight is 460 g/mol. The molecule has 0 aliphatic heterocycles. The lowest BCUT2D eigenvalue weighted by molar-refractivity contribution is -0.113. The van der Waals surface area contributed by atoms with Gasteiger partial charge in [0, 0.05) is 6.54 Å². The summed E-state index contributed by atoms with van der Waals surface area (Å²) in [6.45, 7) is 6.48. The van der Waals surface area contributed by atoms with Gasteiger partial charge in [0.1, 0.15) is 4.88 Å². The molecular formula is C22H25N3O4S2. The van der Waals surface area contributed by atoms with Gasteiger partial charge in [-0.1, -0.05) is 37.2 Å². The number of carbonyl (C=O) groups excluding carboxylic acids is 2. The van der Waals surface area contributed by atoms with E-state index < -0.39 is 0 Å². The fourth-order valence-corrected chi connectivity index (χ4v) is 4.83. The topological polar surface area (TPSA) is 90.3 Å². The Hall–Kier alpha value is -2.65. The molecule has 164 valence electrons. The van der Waals surface area contributed by atoms with Crippen LogP contribution in [0.1, 0.15) is 41.9 Å². The largest absolute Gasteiger partial charge is 0.462 e. The number of hydrogen-bond donors (Lipinski definition) is 1. The van der Waals surface area contributed by atoms with Crippen LogP contribution in [0.5, 0.6) is 0 Å². The highest BCUT2D eigenvalue weighted by Gasteiger charge is 2.17. The zero-order valence-electron chi connectivity index (χ0n) is 17.8. The number of esters is 1. The van der Waals surface area contributed by atoms with E-state index >= 15 is 0 Å². The van der Waals surface area contributed by atoms with Crippen LogP contribution in [0.15, 0.2) is 40.3 Å². The molecule has 0 aliphatic carbocycles. The van der Waals surface area contributed by atoms with Crippen molar-refractivity contribution in [2.45, 2.75) is 45.3 Å². The van der Waals surface area contributed by atoms with Gasteiger partial charge < -0.3 is 10.1 Å². The smallest absolute Gasteiger partial charge is 0.348 e. The number of fused-ring (bicyclic) bond motifs is 1. The van der Waals surface area contributed by atoms with Gasteiger partial charge in [-0.25, -0.2) is 9.78 Å². The number of hydrogen-bond acceptors (Lipinski definition) is 7. The van der Waals surface area contributed by atoms with Crippen LogP contribution >= 0.6 is 23.1 Å². The van der Waals surface area contributed by atoms with Crippen molar-refractivity contribution in [3.05, 3.63) is 51.1 Å². The molecule has 0 bridgehead atoms. The van der Waals surface area contributed by atoms with Gasteiger partial charge in [-0.05, 0) is 44.0 Å². The quantitative estimate of drug-likeness (QED) is 0.288. The van der Waals surface area contributed by atoms with E-state index in [1.165, 1.54) is 23.1 Å². The number of amides is 1. The molecule has 3 aromatic rings. The molecule has 0 fully saturated rings. The van der Waals surface area contributed by atoms with E-state index in [4.69, 9.17) is 4.74 Å². The summed E-state index contributed by atoms with van der Waals surface area (Å²) < 4.78 is 6.69. The monoisotopic (exact) mass is 459 g/mol. The van der Waals surface area contributed by atoms with Gasteiger partial charge in [0.2, 0.25) is 5.91 Å². The molecule has 0 atom stereocenters. The van der Waals surface area contributed by atoms with Gasteiger partial charge >= 0.3 is 5.97 Å². The summed E-state index contributed by atoms with van der Waals surface area (Å²) in [7, 11) is 0. The summed E-state index contributed by atoms with van der Waals surface area (Å²) in [6.07, 6.45) is 1.80. The average Bonchev–Trinajstić information content (AvgIpc) is 3.12. The van der Waals surface area contributed by atoms with Crippen molar-refractivity contribution < 1.29 is 14.3 Å². The third-order valence-corrected chi connectivity index (χ3v) is 6.64. The Morgan fingerprint density at radius 2 is 2.03 bits per heavy atom. The minimum atomic E-state index is -0.389. The summed E-state index contributed by atoms with van der Waals surface area (Å²) in [5, 5.41) is 4.51. The Balaban J connectivity index is 1.74. The van der Waals surface area contributed by atoms with Crippen LogP contribution in [0.3, 0.4) is 0 Å². The van der Waals surface area contributed by atoms with E-state index in [9.17, 15) is 14.4 Å². The molecule has 31 heavy (non-hydrogen) atoms. The molecule has 0 radical (unpaired) electrons. The van der Waals surface area contributed by atoms with Crippen molar-refractivity contribution in [2.75, 3.05) is 17.7 Å². The Morgan fingerprint density at radius 3 is 2.77 bits per heavy atom. The Kier molecular flexibility index (Phi) is 7.86. The van der Waals surface area contributed by atoms with Gasteiger partial charge in [-0.2, -0.15) is 0 Å². The number of nitrogens with one attached hydrogen (secondary N) is 1. The zero-order chi connectivity index (χ0) is 22.4. The number of benzene rings is 1. The summed E-state index contributed by atoms with van der Waals surface area (Å²) in [5.41, 5.74) is 1.29. The van der Waals surface area contributed by atoms with Gasteiger partial charge in [0.25, 0.3) is 5.56 Å². The second-order valence-corrected chi connectivity index (χ2v) is 8.90. The fourth-order valence-electron chi connectivity index (χ4n) is 3.02. The molecule has 3 rings (SSSR count). The van der Waals surface area contributed by atoms with Crippen LogP contribution in [0, 0.1) is 6.92 Å². The lowest BCUT2D eigenvalue weighted by atomic mass is 10.2. The van der Waals surface area contributed by atoms with Crippen LogP contribution in [-0.4, -0.2) is 33.8 Å². The lowest BCUT2D eigenvalue weighted by Gasteiger charge is -2.12. The predicted octanol–water partition coefficient (Wildman–Crippen LogP) is 4.47. The number of para-hydroxylation sites is 1. The number of aryl methyl sites for hydroxylation is 1. The number of rotatable bonds is 9. The van der Waals surface area contributed by atoms with E-state index in [-0.39, 0.29) is 23.2 Å².